The first-order valence-corrected chi connectivity index (χ1v) is 9.37. The van der Waals surface area contributed by atoms with Crippen LogP contribution in [-0.2, 0) is 25.9 Å². The topological polar surface area (TPSA) is 64.2 Å². The molecule has 2 aliphatic rings. The largest absolute Gasteiger partial charge is 0.361 e. The van der Waals surface area contributed by atoms with Crippen molar-refractivity contribution in [2.45, 2.75) is 71.5 Å². The molecule has 1 aliphatic heterocycles. The Morgan fingerprint density at radius 1 is 1.24 bits per heavy atom. The van der Waals surface area contributed by atoms with Crippen molar-refractivity contribution in [3.8, 4) is 0 Å². The van der Waals surface area contributed by atoms with Crippen LogP contribution in [0.2, 0.25) is 0 Å². The van der Waals surface area contributed by atoms with Crippen LogP contribution >= 0.6 is 0 Å². The molecule has 1 saturated heterocycles. The zero-order chi connectivity index (χ0) is 17.4. The van der Waals surface area contributed by atoms with E-state index in [1.54, 1.807) is 4.68 Å². The number of likely N-dealkylation sites (tertiary alicyclic amines) is 1. The normalized spacial score (nSPS) is 20.8. The molecule has 0 radical (unpaired) electrons. The lowest BCUT2D eigenvalue weighted by atomic mass is 9.97. The van der Waals surface area contributed by atoms with Gasteiger partial charge >= 0.3 is 0 Å². The molecule has 1 fully saturated rings. The molecule has 134 valence electrons. The summed E-state index contributed by atoms with van der Waals surface area (Å²) in [5, 5.41) is 8.75. The van der Waals surface area contributed by atoms with Crippen LogP contribution < -0.4 is 5.56 Å². The monoisotopic (exact) mass is 342 g/mol. The smallest absolute Gasteiger partial charge is 0.267 e. The number of aromatic nitrogens is 3. The first kappa shape index (κ1) is 16.5. The lowest BCUT2D eigenvalue weighted by Crippen LogP contribution is -2.37. The van der Waals surface area contributed by atoms with Crippen molar-refractivity contribution < 1.29 is 4.52 Å². The molecule has 0 aromatic carbocycles. The summed E-state index contributed by atoms with van der Waals surface area (Å²) < 4.78 is 6.99. The fourth-order valence-corrected chi connectivity index (χ4v) is 4.17. The van der Waals surface area contributed by atoms with Crippen LogP contribution in [0.15, 0.2) is 15.4 Å². The SMILES string of the molecule is Cc1noc(C)c1CN1CCCC1Cn1nc2c(cc1=O)CCCC2. The number of aryl methyl sites for hydroxylation is 4. The van der Waals surface area contributed by atoms with E-state index >= 15 is 0 Å². The zero-order valence-electron chi connectivity index (χ0n) is 15.1. The van der Waals surface area contributed by atoms with Crippen molar-refractivity contribution in [3.05, 3.63) is 44.7 Å². The van der Waals surface area contributed by atoms with Gasteiger partial charge in [-0.1, -0.05) is 5.16 Å². The molecule has 0 N–H and O–H groups in total. The molecule has 1 atom stereocenters. The summed E-state index contributed by atoms with van der Waals surface area (Å²) in [4.78, 5) is 14.9. The van der Waals surface area contributed by atoms with Crippen LogP contribution in [0, 0.1) is 13.8 Å². The van der Waals surface area contributed by atoms with Gasteiger partial charge in [0.1, 0.15) is 5.76 Å². The second-order valence-corrected chi connectivity index (χ2v) is 7.41. The highest BCUT2D eigenvalue weighted by Gasteiger charge is 2.27. The summed E-state index contributed by atoms with van der Waals surface area (Å²) in [5.74, 6) is 0.896. The summed E-state index contributed by atoms with van der Waals surface area (Å²) in [6.07, 6.45) is 6.62. The summed E-state index contributed by atoms with van der Waals surface area (Å²) in [7, 11) is 0. The van der Waals surface area contributed by atoms with Gasteiger partial charge in [0.25, 0.3) is 5.56 Å². The standard InChI is InChI=1S/C19H26N4O2/c1-13-17(14(2)25-21-13)12-22-9-5-7-16(22)11-23-19(24)10-15-6-3-4-8-18(15)20-23/h10,16H,3-9,11-12H2,1-2H3. The Bertz CT molecular complexity index is 804. The summed E-state index contributed by atoms with van der Waals surface area (Å²) in [5.41, 5.74) is 4.47. The lowest BCUT2D eigenvalue weighted by Gasteiger charge is -2.25. The Hall–Kier alpha value is -1.95. The van der Waals surface area contributed by atoms with Crippen molar-refractivity contribution in [1.29, 1.82) is 0 Å². The average molecular weight is 342 g/mol. The number of fused-ring (bicyclic) bond motifs is 1. The molecule has 0 spiro atoms. The third kappa shape index (κ3) is 3.27. The van der Waals surface area contributed by atoms with E-state index in [4.69, 9.17) is 4.52 Å². The molecule has 3 heterocycles. The van der Waals surface area contributed by atoms with Gasteiger partial charge in [0.05, 0.1) is 17.9 Å². The highest BCUT2D eigenvalue weighted by atomic mass is 16.5. The minimum atomic E-state index is 0.0461. The van der Waals surface area contributed by atoms with Gasteiger partial charge in [0, 0.05) is 24.2 Å². The van der Waals surface area contributed by atoms with Gasteiger partial charge in [-0.3, -0.25) is 9.69 Å². The Labute approximate surface area is 147 Å². The van der Waals surface area contributed by atoms with Gasteiger partial charge in [-0.2, -0.15) is 5.10 Å². The molecule has 0 amide bonds. The molecule has 1 unspecified atom stereocenters. The predicted molar refractivity (Wildman–Crippen MR) is 94.5 cm³/mol. The van der Waals surface area contributed by atoms with E-state index in [0.717, 1.165) is 61.5 Å². The van der Waals surface area contributed by atoms with Crippen LogP contribution in [-0.4, -0.2) is 32.4 Å². The highest BCUT2D eigenvalue weighted by Crippen LogP contribution is 2.24. The van der Waals surface area contributed by atoms with Crippen LogP contribution in [0.4, 0.5) is 0 Å². The minimum absolute atomic E-state index is 0.0461. The first-order valence-electron chi connectivity index (χ1n) is 9.37. The number of nitrogens with zero attached hydrogens (tertiary/aromatic N) is 4. The minimum Gasteiger partial charge on any atom is -0.361 e. The molecule has 6 nitrogen and oxygen atoms in total. The maximum absolute atomic E-state index is 12.5. The predicted octanol–water partition coefficient (Wildman–Crippen LogP) is 2.39. The van der Waals surface area contributed by atoms with E-state index in [1.165, 1.54) is 18.4 Å². The fraction of sp³-hybridized carbons (Fsp3) is 0.632. The van der Waals surface area contributed by atoms with Crippen LogP contribution in [0.3, 0.4) is 0 Å². The maximum atomic E-state index is 12.5. The molecule has 25 heavy (non-hydrogen) atoms. The van der Waals surface area contributed by atoms with Crippen molar-refractivity contribution >= 4 is 0 Å². The third-order valence-electron chi connectivity index (χ3n) is 5.70. The van der Waals surface area contributed by atoms with Crippen LogP contribution in [0.25, 0.3) is 0 Å². The second kappa shape index (κ2) is 6.75. The molecule has 4 rings (SSSR count). The molecule has 2 aromatic heterocycles. The number of rotatable bonds is 4. The van der Waals surface area contributed by atoms with Crippen molar-refractivity contribution in [2.24, 2.45) is 0 Å². The summed E-state index contributed by atoms with van der Waals surface area (Å²) >= 11 is 0. The van der Waals surface area contributed by atoms with Gasteiger partial charge in [-0.05, 0) is 64.5 Å². The second-order valence-electron chi connectivity index (χ2n) is 7.41. The van der Waals surface area contributed by atoms with Gasteiger partial charge in [-0.15, -0.1) is 0 Å². The van der Waals surface area contributed by atoms with E-state index in [1.807, 2.05) is 19.9 Å². The quantitative estimate of drug-likeness (QED) is 0.854. The Morgan fingerprint density at radius 3 is 2.88 bits per heavy atom. The van der Waals surface area contributed by atoms with Gasteiger partial charge in [-0.25, -0.2) is 4.68 Å². The van der Waals surface area contributed by atoms with Crippen LogP contribution in [0.1, 0.15) is 54.0 Å². The van der Waals surface area contributed by atoms with E-state index in [9.17, 15) is 4.79 Å². The molecule has 1 aliphatic carbocycles. The molecule has 2 aromatic rings. The first-order chi connectivity index (χ1) is 12.1. The van der Waals surface area contributed by atoms with Crippen molar-refractivity contribution in [3.63, 3.8) is 0 Å². The number of hydrogen-bond donors (Lipinski definition) is 0. The fourth-order valence-electron chi connectivity index (χ4n) is 4.17. The zero-order valence-corrected chi connectivity index (χ0v) is 15.1. The molecule has 0 bridgehead atoms. The summed E-state index contributed by atoms with van der Waals surface area (Å²) in [6.45, 7) is 6.53. The van der Waals surface area contributed by atoms with Gasteiger partial charge in [0.2, 0.25) is 0 Å². The lowest BCUT2D eigenvalue weighted by molar-refractivity contribution is 0.214. The average Bonchev–Trinajstić information content (AvgIpc) is 3.17. The van der Waals surface area contributed by atoms with Gasteiger partial charge < -0.3 is 4.52 Å². The highest BCUT2D eigenvalue weighted by molar-refractivity contribution is 5.21. The number of hydrogen-bond acceptors (Lipinski definition) is 5. The maximum Gasteiger partial charge on any atom is 0.267 e. The Kier molecular flexibility index (Phi) is 4.46. The Morgan fingerprint density at radius 2 is 2.08 bits per heavy atom. The molecule has 0 saturated carbocycles. The molecular weight excluding hydrogens is 316 g/mol. The Balaban J connectivity index is 1.53. The van der Waals surface area contributed by atoms with Crippen LogP contribution in [0.5, 0.6) is 0 Å². The van der Waals surface area contributed by atoms with E-state index in [2.05, 4.69) is 15.2 Å². The van der Waals surface area contributed by atoms with E-state index in [0.29, 0.717) is 12.6 Å². The van der Waals surface area contributed by atoms with E-state index < -0.39 is 0 Å². The third-order valence-corrected chi connectivity index (χ3v) is 5.70. The van der Waals surface area contributed by atoms with Crippen molar-refractivity contribution in [2.75, 3.05) is 6.54 Å². The van der Waals surface area contributed by atoms with E-state index in [-0.39, 0.29) is 5.56 Å². The van der Waals surface area contributed by atoms with Gasteiger partial charge in [0.15, 0.2) is 0 Å². The van der Waals surface area contributed by atoms with Crippen molar-refractivity contribution in [1.82, 2.24) is 19.8 Å². The molecule has 6 heteroatoms. The summed E-state index contributed by atoms with van der Waals surface area (Å²) in [6, 6.07) is 2.16. The molecular formula is C19H26N4O2.